The van der Waals surface area contributed by atoms with Crippen molar-refractivity contribution in [3.8, 4) is 0 Å². The summed E-state index contributed by atoms with van der Waals surface area (Å²) < 4.78 is 5.95. The largest absolute Gasteiger partial charge is 0.469 e. The second-order valence-electron chi connectivity index (χ2n) is 4.33. The van der Waals surface area contributed by atoms with Crippen LogP contribution in [0.25, 0.3) is 10.2 Å². The quantitative estimate of drug-likeness (QED) is 0.711. The van der Waals surface area contributed by atoms with E-state index in [1.165, 1.54) is 17.6 Å². The van der Waals surface area contributed by atoms with Gasteiger partial charge in [-0.25, -0.2) is 4.98 Å². The minimum Gasteiger partial charge on any atom is -0.469 e. The van der Waals surface area contributed by atoms with E-state index in [0.29, 0.717) is 16.9 Å². The van der Waals surface area contributed by atoms with E-state index in [1.807, 2.05) is 0 Å². The normalized spacial score (nSPS) is 10.5. The van der Waals surface area contributed by atoms with Crippen LogP contribution in [-0.2, 0) is 0 Å². The zero-order valence-corrected chi connectivity index (χ0v) is 11.9. The number of nitrogens with zero attached hydrogens (tertiary/aromatic N) is 1. The Bertz CT molecular complexity index is 822. The fraction of sp³-hybridized carbons (Fsp3) is 0.0714. The van der Waals surface area contributed by atoms with Gasteiger partial charge in [-0.2, -0.15) is 0 Å². The number of nitrogens with one attached hydrogen (secondary N) is 2. The molecule has 0 atom stereocenters. The standard InChI is InChI=1S/C14H11N3O3S/c1-8-10(4-5-20-8)14(19)17-16-13(18)9-2-3-11-12(6-9)21-7-15-11/h2-7H,1H3,(H,16,18)(H,17,19). The van der Waals surface area contributed by atoms with Crippen molar-refractivity contribution in [2.45, 2.75) is 6.92 Å². The molecular formula is C14H11N3O3S. The Balaban J connectivity index is 1.69. The number of aromatic nitrogens is 1. The van der Waals surface area contributed by atoms with Crippen molar-refractivity contribution < 1.29 is 14.0 Å². The van der Waals surface area contributed by atoms with Crippen LogP contribution in [0.2, 0.25) is 0 Å². The molecule has 0 bridgehead atoms. The maximum absolute atomic E-state index is 12.0. The highest BCUT2D eigenvalue weighted by Gasteiger charge is 2.13. The average Bonchev–Trinajstić information content (AvgIpc) is 3.11. The van der Waals surface area contributed by atoms with E-state index in [1.54, 1.807) is 36.7 Å². The Morgan fingerprint density at radius 3 is 2.76 bits per heavy atom. The molecule has 2 N–H and O–H groups in total. The van der Waals surface area contributed by atoms with Crippen molar-refractivity contribution in [3.05, 3.63) is 52.9 Å². The molecule has 0 fully saturated rings. The number of rotatable bonds is 2. The number of benzene rings is 1. The molecule has 7 heteroatoms. The van der Waals surface area contributed by atoms with Crippen LogP contribution in [0.3, 0.4) is 0 Å². The summed E-state index contributed by atoms with van der Waals surface area (Å²) in [7, 11) is 0. The minimum absolute atomic E-state index is 0.383. The summed E-state index contributed by atoms with van der Waals surface area (Å²) in [6.07, 6.45) is 1.42. The van der Waals surface area contributed by atoms with Crippen molar-refractivity contribution in [2.75, 3.05) is 0 Å². The summed E-state index contributed by atoms with van der Waals surface area (Å²) in [4.78, 5) is 28.0. The Morgan fingerprint density at radius 1 is 1.19 bits per heavy atom. The molecule has 0 radical (unpaired) electrons. The van der Waals surface area contributed by atoms with Gasteiger partial charge in [-0.1, -0.05) is 0 Å². The number of amides is 2. The summed E-state index contributed by atoms with van der Waals surface area (Å²) in [6.45, 7) is 1.68. The zero-order chi connectivity index (χ0) is 14.8. The second-order valence-corrected chi connectivity index (χ2v) is 5.22. The van der Waals surface area contributed by atoms with Gasteiger partial charge in [0.05, 0.1) is 27.6 Å². The molecule has 106 valence electrons. The number of furan rings is 1. The lowest BCUT2D eigenvalue weighted by molar-refractivity contribution is 0.0846. The van der Waals surface area contributed by atoms with Crippen LogP contribution in [0.4, 0.5) is 0 Å². The van der Waals surface area contributed by atoms with E-state index in [2.05, 4.69) is 15.8 Å². The smallest absolute Gasteiger partial charge is 0.273 e. The van der Waals surface area contributed by atoms with E-state index < -0.39 is 5.91 Å². The molecule has 0 aliphatic rings. The van der Waals surface area contributed by atoms with E-state index in [0.717, 1.165) is 10.2 Å². The molecule has 0 aliphatic carbocycles. The van der Waals surface area contributed by atoms with Gasteiger partial charge in [0, 0.05) is 5.56 Å². The van der Waals surface area contributed by atoms with Crippen LogP contribution in [0, 0.1) is 6.92 Å². The lowest BCUT2D eigenvalue weighted by atomic mass is 10.2. The number of fused-ring (bicyclic) bond motifs is 1. The summed E-state index contributed by atoms with van der Waals surface area (Å²) >= 11 is 1.45. The van der Waals surface area contributed by atoms with Crippen LogP contribution >= 0.6 is 11.3 Å². The third-order valence-electron chi connectivity index (χ3n) is 2.99. The Morgan fingerprint density at radius 2 is 2.00 bits per heavy atom. The van der Waals surface area contributed by atoms with E-state index in [4.69, 9.17) is 4.42 Å². The topological polar surface area (TPSA) is 84.2 Å². The van der Waals surface area contributed by atoms with Crippen LogP contribution in [0.15, 0.2) is 40.5 Å². The molecule has 2 aromatic heterocycles. The number of carbonyl (C=O) groups is 2. The number of hydrazine groups is 1. The van der Waals surface area contributed by atoms with E-state index >= 15 is 0 Å². The van der Waals surface area contributed by atoms with Gasteiger partial charge in [-0.15, -0.1) is 11.3 Å². The Labute approximate surface area is 123 Å². The number of aryl methyl sites for hydroxylation is 1. The number of thiazole rings is 1. The molecule has 0 saturated heterocycles. The first kappa shape index (κ1) is 13.3. The highest BCUT2D eigenvalue weighted by atomic mass is 32.1. The molecule has 0 saturated carbocycles. The van der Waals surface area contributed by atoms with Gasteiger partial charge >= 0.3 is 0 Å². The molecule has 1 aromatic carbocycles. The SMILES string of the molecule is Cc1occc1C(=O)NNC(=O)c1ccc2ncsc2c1. The molecule has 2 heterocycles. The zero-order valence-electron chi connectivity index (χ0n) is 11.0. The minimum atomic E-state index is -0.423. The summed E-state index contributed by atoms with van der Waals surface area (Å²) in [6, 6.07) is 6.70. The third kappa shape index (κ3) is 2.63. The predicted molar refractivity (Wildman–Crippen MR) is 78.0 cm³/mol. The van der Waals surface area contributed by atoms with Gasteiger partial charge in [-0.3, -0.25) is 20.4 Å². The monoisotopic (exact) mass is 301 g/mol. The first-order valence-corrected chi connectivity index (χ1v) is 7.01. The van der Waals surface area contributed by atoms with Crippen molar-refractivity contribution in [3.63, 3.8) is 0 Å². The van der Waals surface area contributed by atoms with Gasteiger partial charge < -0.3 is 4.42 Å². The van der Waals surface area contributed by atoms with Crippen molar-refractivity contribution >= 4 is 33.4 Å². The van der Waals surface area contributed by atoms with Gasteiger partial charge in [-0.05, 0) is 31.2 Å². The lowest BCUT2D eigenvalue weighted by Gasteiger charge is -2.06. The highest BCUT2D eigenvalue weighted by molar-refractivity contribution is 7.16. The highest BCUT2D eigenvalue weighted by Crippen LogP contribution is 2.18. The number of carbonyl (C=O) groups excluding carboxylic acids is 2. The van der Waals surface area contributed by atoms with Crippen LogP contribution < -0.4 is 10.9 Å². The summed E-state index contributed by atoms with van der Waals surface area (Å²) in [5.74, 6) is -0.318. The van der Waals surface area contributed by atoms with Crippen LogP contribution in [0.5, 0.6) is 0 Å². The van der Waals surface area contributed by atoms with Gasteiger partial charge in [0.15, 0.2) is 0 Å². The fourth-order valence-electron chi connectivity index (χ4n) is 1.87. The Hall–Kier alpha value is -2.67. The molecular weight excluding hydrogens is 290 g/mol. The van der Waals surface area contributed by atoms with Crippen molar-refractivity contribution in [1.82, 2.24) is 15.8 Å². The molecule has 0 spiro atoms. The molecule has 21 heavy (non-hydrogen) atoms. The first-order valence-electron chi connectivity index (χ1n) is 6.13. The van der Waals surface area contributed by atoms with Crippen LogP contribution in [-0.4, -0.2) is 16.8 Å². The predicted octanol–water partition coefficient (Wildman–Crippen LogP) is 2.27. The van der Waals surface area contributed by atoms with Gasteiger partial charge in [0.2, 0.25) is 0 Å². The maximum atomic E-state index is 12.0. The number of hydrogen-bond donors (Lipinski definition) is 2. The molecule has 3 rings (SSSR count). The summed E-state index contributed by atoms with van der Waals surface area (Å²) in [5.41, 5.74) is 8.13. The maximum Gasteiger partial charge on any atom is 0.273 e. The Kier molecular flexibility index (Phi) is 3.41. The molecule has 6 nitrogen and oxygen atoms in total. The third-order valence-corrected chi connectivity index (χ3v) is 3.78. The van der Waals surface area contributed by atoms with Crippen molar-refractivity contribution in [2.24, 2.45) is 0 Å². The van der Waals surface area contributed by atoms with Crippen LogP contribution in [0.1, 0.15) is 26.5 Å². The lowest BCUT2D eigenvalue weighted by Crippen LogP contribution is -2.41. The number of hydrogen-bond acceptors (Lipinski definition) is 5. The molecule has 3 aromatic rings. The van der Waals surface area contributed by atoms with Gasteiger partial charge in [0.1, 0.15) is 5.76 Å². The molecule has 2 amide bonds. The van der Waals surface area contributed by atoms with Gasteiger partial charge in [0.25, 0.3) is 11.8 Å². The van der Waals surface area contributed by atoms with E-state index in [-0.39, 0.29) is 5.91 Å². The second kappa shape index (κ2) is 5.37. The fourth-order valence-corrected chi connectivity index (χ4v) is 2.59. The molecule has 0 aliphatic heterocycles. The van der Waals surface area contributed by atoms with Crippen molar-refractivity contribution in [1.29, 1.82) is 0 Å². The molecule has 0 unspecified atom stereocenters. The van der Waals surface area contributed by atoms with E-state index in [9.17, 15) is 9.59 Å². The average molecular weight is 301 g/mol. The first-order chi connectivity index (χ1) is 10.1. The summed E-state index contributed by atoms with van der Waals surface area (Å²) in [5, 5.41) is 0.